The quantitative estimate of drug-likeness (QED) is 0.420. The van der Waals surface area contributed by atoms with Crippen molar-refractivity contribution < 1.29 is 9.53 Å². The number of tetrazole rings is 1. The highest BCUT2D eigenvalue weighted by atomic mass is 35.5. The Hall–Kier alpha value is -3.23. The first-order valence-corrected chi connectivity index (χ1v) is 9.97. The fourth-order valence-corrected chi connectivity index (χ4v) is 3.92. The summed E-state index contributed by atoms with van der Waals surface area (Å²) in [7, 11) is 0. The Morgan fingerprint density at radius 2 is 2.17 bits per heavy atom. The molecule has 0 aliphatic carbocycles. The Bertz CT molecular complexity index is 1190. The van der Waals surface area contributed by atoms with Gasteiger partial charge in [-0.05, 0) is 41.8 Å². The fraction of sp³-hybridized carbons (Fsp3) is 0.238. The van der Waals surface area contributed by atoms with Crippen LogP contribution < -0.4 is 10.5 Å². The summed E-state index contributed by atoms with van der Waals surface area (Å²) >= 11 is 6.18. The monoisotopic (exact) mass is 424 g/mol. The number of nitrogens with two attached hydrogens (primary N) is 1. The van der Waals surface area contributed by atoms with Crippen molar-refractivity contribution >= 4 is 22.9 Å². The molecule has 0 atom stereocenters. The van der Waals surface area contributed by atoms with Crippen molar-refractivity contribution in [3.8, 4) is 5.75 Å². The van der Waals surface area contributed by atoms with Crippen LogP contribution in [-0.4, -0.2) is 37.4 Å². The van der Waals surface area contributed by atoms with Gasteiger partial charge < -0.3 is 14.9 Å². The number of pyridine rings is 1. The molecule has 0 spiro atoms. The lowest BCUT2D eigenvalue weighted by molar-refractivity contribution is 0.100. The lowest BCUT2D eigenvalue weighted by Crippen LogP contribution is -2.15. The van der Waals surface area contributed by atoms with Gasteiger partial charge in [-0.3, -0.25) is 4.79 Å². The van der Waals surface area contributed by atoms with Crippen molar-refractivity contribution in [2.75, 3.05) is 6.54 Å². The molecule has 0 bridgehead atoms. The summed E-state index contributed by atoms with van der Waals surface area (Å²) in [6.07, 6.45) is 3.24. The van der Waals surface area contributed by atoms with Crippen LogP contribution >= 0.6 is 11.6 Å². The number of benzene rings is 1. The number of aromatic amines is 1. The summed E-state index contributed by atoms with van der Waals surface area (Å²) in [5, 5.41) is 14.4. The summed E-state index contributed by atoms with van der Waals surface area (Å²) in [6, 6.07) is 11.4. The molecule has 3 N–H and O–H groups in total. The third kappa shape index (κ3) is 3.79. The zero-order chi connectivity index (χ0) is 21.1. The fourth-order valence-electron chi connectivity index (χ4n) is 3.71. The summed E-state index contributed by atoms with van der Waals surface area (Å²) < 4.78 is 7.97. The first-order chi connectivity index (χ1) is 14.6. The predicted octanol–water partition coefficient (Wildman–Crippen LogP) is 2.98. The van der Waals surface area contributed by atoms with Crippen molar-refractivity contribution in [1.29, 1.82) is 0 Å². The number of aromatic nitrogens is 5. The third-order valence-electron chi connectivity index (χ3n) is 4.96. The molecule has 0 aliphatic rings. The van der Waals surface area contributed by atoms with Crippen LogP contribution in [0.4, 0.5) is 0 Å². The standard InChI is InChI=1S/C21H21ClN6O2/c1-2-15-16(10-13-5-3-6-14(22)9-13)28-8-4-7-18(21(28)20(15)17(29)11-23)30-12-19-24-26-27-25-19/h3-9H,2,10-12,23H2,1H3,(H,24,25,26,27). The maximum absolute atomic E-state index is 12.9. The number of nitrogens with zero attached hydrogens (tertiary/aromatic N) is 4. The zero-order valence-electron chi connectivity index (χ0n) is 16.4. The molecule has 0 amide bonds. The van der Waals surface area contributed by atoms with Crippen molar-refractivity contribution in [2.24, 2.45) is 5.73 Å². The van der Waals surface area contributed by atoms with Gasteiger partial charge in [-0.25, -0.2) is 0 Å². The number of nitrogens with one attached hydrogen (secondary N) is 1. The minimum Gasteiger partial charge on any atom is -0.483 e. The van der Waals surface area contributed by atoms with Gasteiger partial charge in [-0.2, -0.15) is 5.21 Å². The van der Waals surface area contributed by atoms with Gasteiger partial charge in [0.1, 0.15) is 5.75 Å². The molecule has 0 radical (unpaired) electrons. The van der Waals surface area contributed by atoms with E-state index < -0.39 is 0 Å². The molecule has 8 nitrogen and oxygen atoms in total. The average molecular weight is 425 g/mol. The Kier molecular flexibility index (Phi) is 5.78. The lowest BCUT2D eigenvalue weighted by atomic mass is 9.99. The Labute approximate surface area is 178 Å². The van der Waals surface area contributed by atoms with Crippen LogP contribution in [-0.2, 0) is 19.4 Å². The molecular weight excluding hydrogens is 404 g/mol. The van der Waals surface area contributed by atoms with E-state index >= 15 is 0 Å². The van der Waals surface area contributed by atoms with Crippen LogP contribution in [0.25, 0.3) is 5.52 Å². The number of ketones is 1. The summed E-state index contributed by atoms with van der Waals surface area (Å²) in [6.45, 7) is 2.08. The Morgan fingerprint density at radius 1 is 1.30 bits per heavy atom. The second-order valence-electron chi connectivity index (χ2n) is 6.80. The second kappa shape index (κ2) is 8.64. The van der Waals surface area contributed by atoms with Crippen LogP contribution in [0.2, 0.25) is 5.02 Å². The lowest BCUT2D eigenvalue weighted by Gasteiger charge is -2.09. The van der Waals surface area contributed by atoms with Gasteiger partial charge in [0.15, 0.2) is 12.4 Å². The predicted molar refractivity (Wildman–Crippen MR) is 113 cm³/mol. The SMILES string of the molecule is CCc1c(C(=O)CN)c2c(OCc3nn[nH]n3)cccn2c1Cc1cccc(Cl)c1. The van der Waals surface area contributed by atoms with Crippen molar-refractivity contribution in [1.82, 2.24) is 25.0 Å². The van der Waals surface area contributed by atoms with Gasteiger partial charge in [0, 0.05) is 23.3 Å². The summed E-state index contributed by atoms with van der Waals surface area (Å²) in [5.74, 6) is 0.855. The molecule has 0 saturated carbocycles. The van der Waals surface area contributed by atoms with Crippen LogP contribution in [0.5, 0.6) is 5.75 Å². The van der Waals surface area contributed by atoms with E-state index in [1.54, 1.807) is 0 Å². The summed E-state index contributed by atoms with van der Waals surface area (Å²) in [4.78, 5) is 12.9. The minimum absolute atomic E-state index is 0.0809. The number of H-pyrrole nitrogens is 1. The molecule has 0 aliphatic heterocycles. The highest BCUT2D eigenvalue weighted by molar-refractivity contribution is 6.30. The van der Waals surface area contributed by atoms with Crippen molar-refractivity contribution in [3.05, 3.63) is 75.8 Å². The zero-order valence-corrected chi connectivity index (χ0v) is 17.2. The topological polar surface area (TPSA) is 111 Å². The smallest absolute Gasteiger partial charge is 0.211 e. The van der Waals surface area contributed by atoms with E-state index in [2.05, 4.69) is 20.6 Å². The number of Topliss-reactive ketones (excluding diaryl/α,β-unsaturated/α-hetero) is 1. The molecule has 1 aromatic carbocycles. The van der Waals surface area contributed by atoms with Gasteiger partial charge in [0.05, 0.1) is 17.6 Å². The first kappa shape index (κ1) is 20.1. The van der Waals surface area contributed by atoms with E-state index in [0.717, 1.165) is 16.8 Å². The van der Waals surface area contributed by atoms with Crippen LogP contribution in [0.15, 0.2) is 42.6 Å². The number of fused-ring (bicyclic) bond motifs is 1. The van der Waals surface area contributed by atoms with E-state index in [0.29, 0.717) is 40.5 Å². The van der Waals surface area contributed by atoms with E-state index in [1.165, 1.54) is 0 Å². The number of carbonyl (C=O) groups is 1. The van der Waals surface area contributed by atoms with Crippen LogP contribution in [0.3, 0.4) is 0 Å². The van der Waals surface area contributed by atoms with E-state index in [4.69, 9.17) is 22.1 Å². The van der Waals surface area contributed by atoms with E-state index in [1.807, 2.05) is 53.9 Å². The van der Waals surface area contributed by atoms with Gasteiger partial charge in [0.25, 0.3) is 0 Å². The molecule has 9 heteroatoms. The largest absolute Gasteiger partial charge is 0.483 e. The number of ether oxygens (including phenoxy) is 1. The number of hydrogen-bond acceptors (Lipinski definition) is 6. The molecule has 4 rings (SSSR count). The average Bonchev–Trinajstić information content (AvgIpc) is 3.38. The Morgan fingerprint density at radius 3 is 2.87 bits per heavy atom. The number of rotatable bonds is 8. The van der Waals surface area contributed by atoms with E-state index in [-0.39, 0.29) is 18.9 Å². The van der Waals surface area contributed by atoms with Gasteiger partial charge in [-0.1, -0.05) is 35.9 Å². The summed E-state index contributed by atoms with van der Waals surface area (Å²) in [5.41, 5.74) is 10.1. The van der Waals surface area contributed by atoms with Crippen LogP contribution in [0, 0.1) is 0 Å². The molecule has 4 aromatic rings. The molecule has 30 heavy (non-hydrogen) atoms. The highest BCUT2D eigenvalue weighted by Gasteiger charge is 2.24. The molecule has 3 aromatic heterocycles. The van der Waals surface area contributed by atoms with Crippen molar-refractivity contribution in [3.63, 3.8) is 0 Å². The molecular formula is C21H21ClN6O2. The maximum Gasteiger partial charge on any atom is 0.211 e. The number of hydrogen-bond donors (Lipinski definition) is 2. The minimum atomic E-state index is -0.127. The molecule has 0 fully saturated rings. The number of halogens is 1. The second-order valence-corrected chi connectivity index (χ2v) is 7.23. The van der Waals surface area contributed by atoms with Gasteiger partial charge >= 0.3 is 0 Å². The van der Waals surface area contributed by atoms with Gasteiger partial charge in [-0.15, -0.1) is 10.2 Å². The van der Waals surface area contributed by atoms with Crippen LogP contribution in [0.1, 0.15) is 39.9 Å². The Balaban J connectivity index is 1.86. The van der Waals surface area contributed by atoms with Gasteiger partial charge in [0.2, 0.25) is 5.82 Å². The normalized spacial score (nSPS) is 11.2. The van der Waals surface area contributed by atoms with E-state index in [9.17, 15) is 4.79 Å². The highest BCUT2D eigenvalue weighted by Crippen LogP contribution is 2.33. The van der Waals surface area contributed by atoms with Crippen molar-refractivity contribution in [2.45, 2.75) is 26.4 Å². The first-order valence-electron chi connectivity index (χ1n) is 9.60. The third-order valence-corrected chi connectivity index (χ3v) is 5.19. The maximum atomic E-state index is 12.9. The molecule has 3 heterocycles. The molecule has 0 unspecified atom stereocenters. The molecule has 0 saturated heterocycles. The number of carbonyl (C=O) groups excluding carboxylic acids is 1. The molecule has 154 valence electrons.